The lowest BCUT2D eigenvalue weighted by atomic mass is 10.1. The number of hydrogen-bond acceptors (Lipinski definition) is 3. The fourth-order valence-electron chi connectivity index (χ4n) is 2.73. The number of benzene rings is 1. The van der Waals surface area contributed by atoms with E-state index in [1.165, 1.54) is 12.1 Å². The van der Waals surface area contributed by atoms with E-state index < -0.39 is 0 Å². The van der Waals surface area contributed by atoms with Gasteiger partial charge in [-0.15, -0.1) is 0 Å². The van der Waals surface area contributed by atoms with Gasteiger partial charge in [0.1, 0.15) is 5.82 Å². The molecule has 6 heteroatoms. The number of thioether (sulfide) groups is 1. The Bertz CT molecular complexity index is 533. The summed E-state index contributed by atoms with van der Waals surface area (Å²) in [6.07, 6.45) is -0.139. The van der Waals surface area contributed by atoms with Gasteiger partial charge in [-0.25, -0.2) is 4.39 Å². The highest BCUT2D eigenvalue weighted by Gasteiger charge is 2.28. The van der Waals surface area contributed by atoms with Gasteiger partial charge >= 0.3 is 0 Å². The van der Waals surface area contributed by atoms with Crippen LogP contribution in [0.2, 0.25) is 0 Å². The Labute approximate surface area is 142 Å². The molecule has 0 spiro atoms. The van der Waals surface area contributed by atoms with Crippen LogP contribution in [0.3, 0.4) is 0 Å². The van der Waals surface area contributed by atoms with Gasteiger partial charge < -0.3 is 15.0 Å². The first-order valence-corrected chi connectivity index (χ1v) is 8.81. The Kier molecular flexibility index (Phi) is 6.30. The predicted octanol–water partition coefficient (Wildman–Crippen LogP) is 2.92. The van der Waals surface area contributed by atoms with E-state index in [-0.39, 0.29) is 16.7 Å². The maximum Gasteiger partial charge on any atom is 0.193 e. The molecule has 0 saturated carbocycles. The molecule has 128 valence electrons. The standard InChI is InChI=1S/C17H26FN3OS/c1-17(2)12-21(9-10-23-17)16(19-3)20-11-15(22-4)13-5-7-14(18)8-6-13/h5-8,15H,9-12H2,1-4H3,(H,19,20). The van der Waals surface area contributed by atoms with E-state index in [0.717, 1.165) is 30.4 Å². The van der Waals surface area contributed by atoms with Crippen molar-refractivity contribution in [1.82, 2.24) is 10.2 Å². The molecule has 0 bridgehead atoms. The van der Waals surface area contributed by atoms with Gasteiger partial charge in [0, 0.05) is 44.3 Å². The molecule has 1 N–H and O–H groups in total. The molecular formula is C17H26FN3OS. The maximum atomic E-state index is 13.1. The van der Waals surface area contributed by atoms with Gasteiger partial charge in [0.05, 0.1) is 6.10 Å². The van der Waals surface area contributed by atoms with Crippen LogP contribution in [0.5, 0.6) is 0 Å². The van der Waals surface area contributed by atoms with Crippen LogP contribution in [0, 0.1) is 5.82 Å². The van der Waals surface area contributed by atoms with Gasteiger partial charge in [-0.3, -0.25) is 4.99 Å². The lowest BCUT2D eigenvalue weighted by molar-refractivity contribution is 0.105. The molecule has 1 aliphatic rings. The van der Waals surface area contributed by atoms with Crippen LogP contribution in [-0.4, -0.2) is 55.2 Å². The van der Waals surface area contributed by atoms with Crippen molar-refractivity contribution in [2.24, 2.45) is 4.99 Å². The molecule has 2 rings (SSSR count). The van der Waals surface area contributed by atoms with Crippen LogP contribution in [0.25, 0.3) is 0 Å². The van der Waals surface area contributed by atoms with Crippen molar-refractivity contribution in [1.29, 1.82) is 0 Å². The molecule has 23 heavy (non-hydrogen) atoms. The van der Waals surface area contributed by atoms with Gasteiger partial charge in [-0.2, -0.15) is 11.8 Å². The lowest BCUT2D eigenvalue weighted by Crippen LogP contribution is -2.51. The fourth-order valence-corrected chi connectivity index (χ4v) is 3.84. The smallest absolute Gasteiger partial charge is 0.193 e. The molecule has 1 aromatic carbocycles. The molecule has 0 radical (unpaired) electrons. The molecule has 0 aliphatic carbocycles. The number of halogens is 1. The van der Waals surface area contributed by atoms with Gasteiger partial charge in [0.2, 0.25) is 0 Å². The Morgan fingerprint density at radius 1 is 1.43 bits per heavy atom. The lowest BCUT2D eigenvalue weighted by Gasteiger charge is -2.39. The van der Waals surface area contributed by atoms with Crippen molar-refractivity contribution in [2.75, 3.05) is 39.5 Å². The number of hydrogen-bond donors (Lipinski definition) is 1. The fraction of sp³-hybridized carbons (Fsp3) is 0.588. The Hall–Kier alpha value is -1.27. The quantitative estimate of drug-likeness (QED) is 0.676. The third kappa shape index (κ3) is 5.11. The molecule has 1 saturated heterocycles. The van der Waals surface area contributed by atoms with E-state index in [9.17, 15) is 4.39 Å². The van der Waals surface area contributed by atoms with Crippen molar-refractivity contribution in [3.8, 4) is 0 Å². The minimum Gasteiger partial charge on any atom is -0.375 e. The van der Waals surface area contributed by atoms with Crippen LogP contribution >= 0.6 is 11.8 Å². The largest absolute Gasteiger partial charge is 0.375 e. The molecule has 4 nitrogen and oxygen atoms in total. The van der Waals surface area contributed by atoms with E-state index in [0.29, 0.717) is 6.54 Å². The van der Waals surface area contributed by atoms with Gasteiger partial charge in [-0.1, -0.05) is 12.1 Å². The molecule has 0 amide bonds. The van der Waals surface area contributed by atoms with Crippen LogP contribution in [-0.2, 0) is 4.74 Å². The first kappa shape index (κ1) is 18.1. The average Bonchev–Trinajstić information content (AvgIpc) is 2.52. The molecule has 1 aromatic rings. The van der Waals surface area contributed by atoms with Crippen molar-refractivity contribution in [3.63, 3.8) is 0 Å². The SMILES string of the molecule is CN=C(NCC(OC)c1ccc(F)cc1)N1CCSC(C)(C)C1. The van der Waals surface area contributed by atoms with Gasteiger partial charge in [-0.05, 0) is 31.5 Å². The van der Waals surface area contributed by atoms with E-state index in [1.54, 1.807) is 26.3 Å². The molecule has 1 heterocycles. The summed E-state index contributed by atoms with van der Waals surface area (Å²) in [5.41, 5.74) is 0.950. The second-order valence-corrected chi connectivity index (χ2v) is 8.04. The third-order valence-corrected chi connectivity index (χ3v) is 5.21. The molecule has 0 aromatic heterocycles. The van der Waals surface area contributed by atoms with Crippen LogP contribution in [0.15, 0.2) is 29.3 Å². The number of methoxy groups -OCH3 is 1. The highest BCUT2D eigenvalue weighted by atomic mass is 32.2. The molecule has 1 unspecified atom stereocenters. The minimum atomic E-state index is -0.236. The zero-order valence-electron chi connectivity index (χ0n) is 14.3. The monoisotopic (exact) mass is 339 g/mol. The Balaban J connectivity index is 1.97. The molecular weight excluding hydrogens is 313 g/mol. The summed E-state index contributed by atoms with van der Waals surface area (Å²) < 4.78 is 18.8. The predicted molar refractivity (Wildman–Crippen MR) is 95.6 cm³/mol. The maximum absolute atomic E-state index is 13.1. The zero-order chi connectivity index (χ0) is 16.9. The second kappa shape index (κ2) is 8.02. The van der Waals surface area contributed by atoms with Crippen molar-refractivity contribution in [2.45, 2.75) is 24.7 Å². The number of aliphatic imine (C=N–C) groups is 1. The van der Waals surface area contributed by atoms with Crippen molar-refractivity contribution < 1.29 is 9.13 Å². The third-order valence-electron chi connectivity index (χ3n) is 3.91. The van der Waals surface area contributed by atoms with Crippen molar-refractivity contribution >= 4 is 17.7 Å². The van der Waals surface area contributed by atoms with Crippen LogP contribution in [0.1, 0.15) is 25.5 Å². The number of rotatable bonds is 4. The highest BCUT2D eigenvalue weighted by molar-refractivity contribution is 8.00. The summed E-state index contributed by atoms with van der Waals surface area (Å²) in [4.78, 5) is 6.68. The van der Waals surface area contributed by atoms with Crippen molar-refractivity contribution in [3.05, 3.63) is 35.6 Å². The summed E-state index contributed by atoms with van der Waals surface area (Å²) >= 11 is 1.99. The summed E-state index contributed by atoms with van der Waals surface area (Å²) in [5, 5.41) is 3.39. The number of nitrogens with zero attached hydrogens (tertiary/aromatic N) is 2. The number of nitrogens with one attached hydrogen (secondary N) is 1. The highest BCUT2D eigenvalue weighted by Crippen LogP contribution is 2.29. The molecule has 1 atom stereocenters. The number of guanidine groups is 1. The first-order chi connectivity index (χ1) is 10.9. The Morgan fingerprint density at radius 2 is 2.13 bits per heavy atom. The van der Waals surface area contributed by atoms with E-state index >= 15 is 0 Å². The minimum absolute atomic E-state index is 0.139. The summed E-state index contributed by atoms with van der Waals surface area (Å²) in [7, 11) is 3.47. The average molecular weight is 339 g/mol. The Morgan fingerprint density at radius 3 is 2.70 bits per heavy atom. The zero-order valence-corrected chi connectivity index (χ0v) is 15.1. The van der Waals surface area contributed by atoms with E-state index in [1.807, 2.05) is 11.8 Å². The second-order valence-electron chi connectivity index (χ2n) is 6.23. The molecule has 1 aliphatic heterocycles. The van der Waals surface area contributed by atoms with Crippen LogP contribution < -0.4 is 5.32 Å². The topological polar surface area (TPSA) is 36.9 Å². The first-order valence-electron chi connectivity index (χ1n) is 7.83. The van der Waals surface area contributed by atoms with Gasteiger partial charge in [0.25, 0.3) is 0 Å². The molecule has 1 fully saturated rings. The van der Waals surface area contributed by atoms with E-state index in [4.69, 9.17) is 4.74 Å². The summed E-state index contributed by atoms with van der Waals surface area (Å²) in [6.45, 7) is 7.06. The van der Waals surface area contributed by atoms with E-state index in [2.05, 4.69) is 29.1 Å². The van der Waals surface area contributed by atoms with Crippen LogP contribution in [0.4, 0.5) is 4.39 Å². The summed E-state index contributed by atoms with van der Waals surface area (Å²) in [5.74, 6) is 1.75. The number of ether oxygens (including phenoxy) is 1. The van der Waals surface area contributed by atoms with Gasteiger partial charge in [0.15, 0.2) is 5.96 Å². The normalized spacial score (nSPS) is 19.5. The summed E-state index contributed by atoms with van der Waals surface area (Å²) in [6, 6.07) is 6.43.